The van der Waals surface area contributed by atoms with Crippen LogP contribution >= 0.6 is 0 Å². The van der Waals surface area contributed by atoms with Crippen LogP contribution in [0.15, 0.2) is 54.9 Å². The Bertz CT molecular complexity index is 1130. The van der Waals surface area contributed by atoms with E-state index in [4.69, 9.17) is 4.74 Å². The lowest BCUT2D eigenvalue weighted by molar-refractivity contribution is 0.373. The van der Waals surface area contributed by atoms with Crippen molar-refractivity contribution < 1.29 is 9.84 Å². The van der Waals surface area contributed by atoms with Crippen LogP contribution in [0.1, 0.15) is 11.1 Å². The van der Waals surface area contributed by atoms with Gasteiger partial charge in [-0.25, -0.2) is 9.97 Å². The summed E-state index contributed by atoms with van der Waals surface area (Å²) in [6, 6.07) is 13.3. The molecule has 2 N–H and O–H groups in total. The molecule has 0 unspecified atom stereocenters. The predicted molar refractivity (Wildman–Crippen MR) is 106 cm³/mol. The number of phenols is 1. The van der Waals surface area contributed by atoms with E-state index in [-0.39, 0.29) is 5.75 Å². The number of aryl methyl sites for hydroxylation is 2. The Hall–Kier alpha value is -3.54. The number of aromatic nitrogens is 3. The molecule has 4 aromatic rings. The molecule has 0 aliphatic heterocycles. The number of hydrogen-bond donors (Lipinski definition) is 2. The van der Waals surface area contributed by atoms with Crippen molar-refractivity contribution in [1.82, 2.24) is 14.4 Å². The summed E-state index contributed by atoms with van der Waals surface area (Å²) in [5, 5.41) is 13.4. The van der Waals surface area contributed by atoms with E-state index in [0.717, 1.165) is 28.3 Å². The summed E-state index contributed by atoms with van der Waals surface area (Å²) in [7, 11) is 1.53. The molecule has 136 valence electrons. The van der Waals surface area contributed by atoms with Gasteiger partial charge in [-0.1, -0.05) is 12.1 Å². The van der Waals surface area contributed by atoms with Crippen LogP contribution < -0.4 is 10.1 Å². The lowest BCUT2D eigenvalue weighted by Crippen LogP contribution is -1.99. The molecule has 0 spiro atoms. The molecule has 0 atom stereocenters. The highest BCUT2D eigenvalue weighted by molar-refractivity contribution is 5.80. The summed E-state index contributed by atoms with van der Waals surface area (Å²) >= 11 is 0. The number of hydrogen-bond acceptors (Lipinski definition) is 5. The number of ether oxygens (including phenoxy) is 1. The summed E-state index contributed by atoms with van der Waals surface area (Å²) in [4.78, 5) is 9.05. The van der Waals surface area contributed by atoms with Crippen LogP contribution in [0.5, 0.6) is 11.5 Å². The molecule has 0 saturated carbocycles. The fourth-order valence-corrected chi connectivity index (χ4v) is 3.03. The van der Waals surface area contributed by atoms with Crippen molar-refractivity contribution in [2.75, 3.05) is 12.4 Å². The van der Waals surface area contributed by atoms with E-state index >= 15 is 0 Å². The van der Waals surface area contributed by atoms with Gasteiger partial charge in [-0.2, -0.15) is 0 Å². The molecule has 0 amide bonds. The maximum absolute atomic E-state index is 9.91. The molecular formula is C21H20N4O2. The number of imidazole rings is 1. The van der Waals surface area contributed by atoms with Crippen molar-refractivity contribution in [3.8, 4) is 22.8 Å². The minimum absolute atomic E-state index is 0.0900. The average molecular weight is 360 g/mol. The summed E-state index contributed by atoms with van der Waals surface area (Å²) in [6.45, 7) is 4.12. The van der Waals surface area contributed by atoms with Crippen LogP contribution in [-0.4, -0.2) is 26.6 Å². The Balaban J connectivity index is 1.91. The molecule has 0 bridgehead atoms. The molecule has 27 heavy (non-hydrogen) atoms. The van der Waals surface area contributed by atoms with Crippen molar-refractivity contribution in [2.45, 2.75) is 13.8 Å². The standard InChI is InChI=1S/C21H20N4O2/c1-13-5-6-14(2)16(11-13)23-20-19(24-21-22-9-4-10-25(20)21)15-7-8-17(26)18(12-15)27-3/h4-12,23,26H,1-3H3. The van der Waals surface area contributed by atoms with Gasteiger partial charge in [0, 0.05) is 23.6 Å². The first-order valence-electron chi connectivity index (χ1n) is 8.61. The van der Waals surface area contributed by atoms with Gasteiger partial charge in [-0.3, -0.25) is 4.40 Å². The number of nitrogens with zero attached hydrogens (tertiary/aromatic N) is 3. The second kappa shape index (κ2) is 6.64. The molecule has 0 aliphatic carbocycles. The Kier molecular flexibility index (Phi) is 4.16. The van der Waals surface area contributed by atoms with E-state index in [1.165, 1.54) is 12.7 Å². The molecule has 0 fully saturated rings. The second-order valence-electron chi connectivity index (χ2n) is 6.43. The first-order valence-corrected chi connectivity index (χ1v) is 8.61. The molecule has 4 rings (SSSR count). The highest BCUT2D eigenvalue weighted by Crippen LogP contribution is 2.36. The van der Waals surface area contributed by atoms with Crippen molar-refractivity contribution in [3.05, 3.63) is 66.0 Å². The molecular weight excluding hydrogens is 340 g/mol. The number of benzene rings is 2. The zero-order valence-electron chi connectivity index (χ0n) is 15.4. The van der Waals surface area contributed by atoms with Crippen molar-refractivity contribution in [3.63, 3.8) is 0 Å². The Labute approximate surface area is 157 Å². The zero-order chi connectivity index (χ0) is 19.0. The van der Waals surface area contributed by atoms with Crippen LogP contribution in [0.4, 0.5) is 11.5 Å². The minimum Gasteiger partial charge on any atom is -0.504 e. The maximum atomic E-state index is 9.91. The molecule has 6 nitrogen and oxygen atoms in total. The quantitative estimate of drug-likeness (QED) is 0.562. The lowest BCUT2D eigenvalue weighted by atomic mass is 10.1. The highest BCUT2D eigenvalue weighted by atomic mass is 16.5. The van der Waals surface area contributed by atoms with Gasteiger partial charge in [0.15, 0.2) is 11.5 Å². The van der Waals surface area contributed by atoms with Gasteiger partial charge in [-0.05, 0) is 55.3 Å². The molecule has 2 aromatic heterocycles. The van der Waals surface area contributed by atoms with Crippen LogP contribution in [0.2, 0.25) is 0 Å². The van der Waals surface area contributed by atoms with E-state index in [2.05, 4.69) is 47.3 Å². The van der Waals surface area contributed by atoms with E-state index in [0.29, 0.717) is 11.5 Å². The summed E-state index contributed by atoms with van der Waals surface area (Å²) in [6.07, 6.45) is 3.63. The Morgan fingerprint density at radius 1 is 1.11 bits per heavy atom. The summed E-state index contributed by atoms with van der Waals surface area (Å²) in [5.41, 5.74) is 4.86. The van der Waals surface area contributed by atoms with Gasteiger partial charge < -0.3 is 15.2 Å². The third kappa shape index (κ3) is 3.06. The molecule has 6 heteroatoms. The number of anilines is 2. The SMILES string of the molecule is COc1cc(-c2nc3ncccn3c2Nc2cc(C)ccc2C)ccc1O. The molecule has 0 radical (unpaired) electrons. The number of nitrogens with one attached hydrogen (secondary N) is 1. The zero-order valence-corrected chi connectivity index (χ0v) is 15.4. The van der Waals surface area contributed by atoms with E-state index in [1.807, 2.05) is 22.7 Å². The van der Waals surface area contributed by atoms with Gasteiger partial charge in [0.25, 0.3) is 0 Å². The topological polar surface area (TPSA) is 71.7 Å². The fourth-order valence-electron chi connectivity index (χ4n) is 3.03. The average Bonchev–Trinajstić information content (AvgIpc) is 3.04. The number of rotatable bonds is 4. The van der Waals surface area contributed by atoms with Gasteiger partial charge >= 0.3 is 0 Å². The second-order valence-corrected chi connectivity index (χ2v) is 6.43. The monoisotopic (exact) mass is 360 g/mol. The molecule has 2 aromatic carbocycles. The molecule has 0 saturated heterocycles. The van der Waals surface area contributed by atoms with E-state index in [1.54, 1.807) is 18.3 Å². The first-order chi connectivity index (χ1) is 13.1. The normalized spacial score (nSPS) is 10.9. The van der Waals surface area contributed by atoms with Crippen LogP contribution in [0.25, 0.3) is 17.0 Å². The Morgan fingerprint density at radius 2 is 1.96 bits per heavy atom. The first kappa shape index (κ1) is 16.9. The largest absolute Gasteiger partial charge is 0.504 e. The third-order valence-electron chi connectivity index (χ3n) is 4.50. The van der Waals surface area contributed by atoms with Gasteiger partial charge in [0.2, 0.25) is 5.78 Å². The van der Waals surface area contributed by atoms with Crippen LogP contribution in [0.3, 0.4) is 0 Å². The minimum atomic E-state index is 0.0900. The third-order valence-corrected chi connectivity index (χ3v) is 4.50. The van der Waals surface area contributed by atoms with Crippen molar-refractivity contribution >= 4 is 17.3 Å². The Morgan fingerprint density at radius 3 is 2.78 bits per heavy atom. The number of aromatic hydroxyl groups is 1. The van der Waals surface area contributed by atoms with Gasteiger partial charge in [-0.15, -0.1) is 0 Å². The summed E-state index contributed by atoms with van der Waals surface area (Å²) < 4.78 is 7.17. The lowest BCUT2D eigenvalue weighted by Gasteiger charge is -2.12. The predicted octanol–water partition coefficient (Wildman–Crippen LogP) is 4.47. The summed E-state index contributed by atoms with van der Waals surface area (Å²) in [5.74, 6) is 1.88. The molecule has 0 aliphatic rings. The van der Waals surface area contributed by atoms with E-state index in [9.17, 15) is 5.11 Å². The van der Waals surface area contributed by atoms with Crippen LogP contribution in [0, 0.1) is 13.8 Å². The highest BCUT2D eigenvalue weighted by Gasteiger charge is 2.17. The maximum Gasteiger partial charge on any atom is 0.235 e. The van der Waals surface area contributed by atoms with Crippen molar-refractivity contribution in [1.29, 1.82) is 0 Å². The van der Waals surface area contributed by atoms with Gasteiger partial charge in [0.05, 0.1) is 7.11 Å². The number of fused-ring (bicyclic) bond motifs is 1. The number of phenolic OH excluding ortho intramolecular Hbond substituents is 1. The fraction of sp³-hybridized carbons (Fsp3) is 0.143. The number of methoxy groups -OCH3 is 1. The smallest absolute Gasteiger partial charge is 0.235 e. The van der Waals surface area contributed by atoms with Crippen LogP contribution in [-0.2, 0) is 0 Å². The van der Waals surface area contributed by atoms with Crippen molar-refractivity contribution in [2.24, 2.45) is 0 Å². The molecule has 2 heterocycles. The van der Waals surface area contributed by atoms with E-state index < -0.39 is 0 Å². The van der Waals surface area contributed by atoms with Gasteiger partial charge in [0.1, 0.15) is 11.5 Å².